The monoisotopic (exact) mass is 578 g/mol. The Morgan fingerprint density at radius 3 is 1.79 bits per heavy atom. The van der Waals surface area contributed by atoms with Crippen LogP contribution in [-0.4, -0.2) is 54.0 Å². The number of nitrogens with zero attached hydrogens (tertiary/aromatic N) is 1. The minimum atomic E-state index is -4.30. The van der Waals surface area contributed by atoms with E-state index in [1.807, 2.05) is 13.8 Å². The van der Waals surface area contributed by atoms with Gasteiger partial charge in [-0.2, -0.15) is 0 Å². The lowest BCUT2D eigenvalue weighted by atomic mass is 10.2. The van der Waals surface area contributed by atoms with Crippen LogP contribution in [0.5, 0.6) is 0 Å². The molecule has 4 rings (SSSR count). The van der Waals surface area contributed by atoms with Gasteiger partial charge in [-0.1, -0.05) is 35.4 Å². The van der Waals surface area contributed by atoms with Crippen molar-refractivity contribution < 1.29 is 30.4 Å². The fraction of sp³-hybridized carbons (Fsp3) is 0.308. The van der Waals surface area contributed by atoms with E-state index in [2.05, 4.69) is 4.72 Å². The highest BCUT2D eigenvalue weighted by atomic mass is 32.2. The van der Waals surface area contributed by atoms with Crippen molar-refractivity contribution in [2.45, 2.75) is 49.6 Å². The molecule has 12 heteroatoms. The second-order valence-electron chi connectivity index (χ2n) is 9.70. The lowest BCUT2D eigenvalue weighted by Crippen LogP contribution is -2.47. The zero-order valence-corrected chi connectivity index (χ0v) is 23.9. The number of rotatable bonds is 7. The van der Waals surface area contributed by atoms with E-state index in [1.54, 1.807) is 38.1 Å². The molecule has 0 saturated carbocycles. The largest absolute Gasteiger partial charge is 0.390 e. The zero-order valence-electron chi connectivity index (χ0n) is 21.4. The molecule has 3 aromatic carbocycles. The molecule has 0 aromatic heterocycles. The summed E-state index contributed by atoms with van der Waals surface area (Å²) in [4.78, 5) is 0.102. The first kappa shape index (κ1) is 28.1. The second kappa shape index (κ2) is 9.99. The Kier molecular flexibility index (Phi) is 7.38. The van der Waals surface area contributed by atoms with Crippen molar-refractivity contribution in [2.24, 2.45) is 0 Å². The minimum absolute atomic E-state index is 0.0146. The number of anilines is 2. The van der Waals surface area contributed by atoms with Crippen molar-refractivity contribution in [3.63, 3.8) is 0 Å². The van der Waals surface area contributed by atoms with Gasteiger partial charge in [0.25, 0.3) is 20.0 Å². The molecule has 3 aromatic rings. The van der Waals surface area contributed by atoms with Crippen LogP contribution in [0.25, 0.3) is 0 Å². The summed E-state index contributed by atoms with van der Waals surface area (Å²) in [6.45, 7) is 7.03. The summed E-state index contributed by atoms with van der Waals surface area (Å²) < 4.78 is 81.7. The van der Waals surface area contributed by atoms with Crippen LogP contribution >= 0.6 is 0 Å². The van der Waals surface area contributed by atoms with Crippen molar-refractivity contribution >= 4 is 41.3 Å². The fourth-order valence-corrected chi connectivity index (χ4v) is 9.76. The van der Waals surface area contributed by atoms with E-state index < -0.39 is 53.5 Å². The first-order valence-electron chi connectivity index (χ1n) is 11.8. The molecule has 1 heterocycles. The maximum absolute atomic E-state index is 13.9. The Morgan fingerprint density at radius 1 is 0.789 bits per heavy atom. The van der Waals surface area contributed by atoms with Gasteiger partial charge in [-0.05, 0) is 75.2 Å². The van der Waals surface area contributed by atoms with E-state index in [1.165, 1.54) is 36.4 Å². The lowest BCUT2D eigenvalue weighted by molar-refractivity contribution is 0.184. The van der Waals surface area contributed by atoms with Gasteiger partial charge in [0.05, 0.1) is 39.1 Å². The van der Waals surface area contributed by atoms with Gasteiger partial charge in [0.2, 0.25) is 0 Å². The van der Waals surface area contributed by atoms with Gasteiger partial charge >= 0.3 is 0 Å². The van der Waals surface area contributed by atoms with E-state index >= 15 is 0 Å². The number of sulfonamides is 2. The van der Waals surface area contributed by atoms with Crippen molar-refractivity contribution in [1.82, 2.24) is 0 Å². The van der Waals surface area contributed by atoms with Crippen molar-refractivity contribution in [1.29, 1.82) is 0 Å². The number of aliphatic hydroxyl groups is 1. The molecule has 0 radical (unpaired) electrons. The number of aliphatic hydroxyl groups excluding tert-OH is 1. The first-order chi connectivity index (χ1) is 17.6. The van der Waals surface area contributed by atoms with Gasteiger partial charge in [0.1, 0.15) is 0 Å². The predicted octanol–water partition coefficient (Wildman–Crippen LogP) is 3.07. The highest BCUT2D eigenvalue weighted by Crippen LogP contribution is 2.33. The zero-order chi connectivity index (χ0) is 28.0. The SMILES string of the molecule is Cc1ccc(S(=O)(=O)Nc2ccc(N([C@H]3CS(=O)(=O)C[C@@H]3O)S(=O)(=O)c3ccc(C)cc3C)cc2)c(C)c1. The van der Waals surface area contributed by atoms with Crippen molar-refractivity contribution in [3.05, 3.63) is 82.9 Å². The van der Waals surface area contributed by atoms with Crippen LogP contribution in [0.15, 0.2) is 70.5 Å². The summed E-state index contributed by atoms with van der Waals surface area (Å²) in [6.07, 6.45) is -1.43. The Morgan fingerprint density at radius 2 is 1.32 bits per heavy atom. The van der Waals surface area contributed by atoms with Crippen LogP contribution < -0.4 is 9.03 Å². The highest BCUT2D eigenvalue weighted by molar-refractivity contribution is 7.93. The average Bonchev–Trinajstić information content (AvgIpc) is 3.05. The molecule has 0 unspecified atom stereocenters. The maximum atomic E-state index is 13.9. The van der Waals surface area contributed by atoms with Crippen LogP contribution in [0.4, 0.5) is 11.4 Å². The number of hydrogen-bond acceptors (Lipinski definition) is 7. The fourth-order valence-electron chi connectivity index (χ4n) is 4.73. The normalized spacial score (nSPS) is 19.3. The number of hydrogen-bond donors (Lipinski definition) is 2. The van der Waals surface area contributed by atoms with E-state index in [4.69, 9.17) is 0 Å². The molecular weight excluding hydrogens is 548 g/mol. The molecule has 0 aliphatic carbocycles. The third-order valence-electron chi connectivity index (χ3n) is 6.46. The standard InChI is InChI=1S/C26H30N2O7S3/c1-17-5-11-25(19(3)13-17)37(32,33)27-21-7-9-22(10-8-21)28(23-15-36(30,31)16-24(23)29)38(34,35)26-12-6-18(2)14-20(26)4/h5-14,23-24,27,29H,15-16H2,1-4H3/t23-,24-/m0/s1. The first-order valence-corrected chi connectivity index (χ1v) is 16.6. The topological polar surface area (TPSA) is 138 Å². The number of sulfone groups is 1. The summed E-state index contributed by atoms with van der Waals surface area (Å²) in [5.41, 5.74) is 3.13. The molecule has 2 N–H and O–H groups in total. The van der Waals surface area contributed by atoms with Crippen LogP contribution in [0.1, 0.15) is 22.3 Å². The Labute approximate surface area is 224 Å². The third-order valence-corrected chi connectivity index (χ3v) is 11.7. The Bertz CT molecular complexity index is 1700. The molecule has 1 saturated heterocycles. The Hall–Kier alpha value is -2.93. The molecule has 0 amide bonds. The van der Waals surface area contributed by atoms with Gasteiger partial charge in [-0.25, -0.2) is 25.3 Å². The third kappa shape index (κ3) is 5.58. The smallest absolute Gasteiger partial charge is 0.264 e. The van der Waals surface area contributed by atoms with E-state index in [0.717, 1.165) is 15.4 Å². The van der Waals surface area contributed by atoms with Crippen LogP contribution in [0.2, 0.25) is 0 Å². The quantitative estimate of drug-likeness (QED) is 0.439. The van der Waals surface area contributed by atoms with E-state index in [9.17, 15) is 30.4 Å². The van der Waals surface area contributed by atoms with Crippen LogP contribution in [0.3, 0.4) is 0 Å². The summed E-state index contributed by atoms with van der Waals surface area (Å²) >= 11 is 0. The molecule has 2 atom stereocenters. The second-order valence-corrected chi connectivity index (χ2v) is 15.3. The van der Waals surface area contributed by atoms with Gasteiger partial charge in [0.15, 0.2) is 9.84 Å². The number of benzene rings is 3. The minimum Gasteiger partial charge on any atom is -0.390 e. The van der Waals surface area contributed by atoms with E-state index in [-0.39, 0.29) is 21.2 Å². The molecule has 1 fully saturated rings. The molecule has 204 valence electrons. The van der Waals surface area contributed by atoms with Gasteiger partial charge in [-0.3, -0.25) is 9.03 Å². The summed E-state index contributed by atoms with van der Waals surface area (Å²) in [7, 11) is -11.9. The molecule has 9 nitrogen and oxygen atoms in total. The van der Waals surface area contributed by atoms with E-state index in [0.29, 0.717) is 11.1 Å². The molecule has 1 aliphatic rings. The maximum Gasteiger partial charge on any atom is 0.264 e. The predicted molar refractivity (Wildman–Crippen MR) is 147 cm³/mol. The summed E-state index contributed by atoms with van der Waals surface area (Å²) in [6, 6.07) is 14.1. The van der Waals surface area contributed by atoms with Gasteiger partial charge in [-0.15, -0.1) is 0 Å². The summed E-state index contributed by atoms with van der Waals surface area (Å²) in [5, 5.41) is 10.6. The van der Waals surface area contributed by atoms with Crippen LogP contribution in [0, 0.1) is 27.7 Å². The lowest BCUT2D eigenvalue weighted by Gasteiger charge is -2.32. The molecular formula is C26H30N2O7S3. The van der Waals surface area contributed by atoms with Crippen molar-refractivity contribution in [2.75, 3.05) is 20.5 Å². The van der Waals surface area contributed by atoms with Gasteiger partial charge < -0.3 is 5.11 Å². The molecule has 38 heavy (non-hydrogen) atoms. The Balaban J connectivity index is 1.74. The highest BCUT2D eigenvalue weighted by Gasteiger charge is 2.45. The van der Waals surface area contributed by atoms with Gasteiger partial charge in [0, 0.05) is 5.69 Å². The van der Waals surface area contributed by atoms with Crippen LogP contribution in [-0.2, 0) is 29.9 Å². The molecule has 0 bridgehead atoms. The molecule has 0 spiro atoms. The van der Waals surface area contributed by atoms with Crippen molar-refractivity contribution in [3.8, 4) is 0 Å². The average molecular weight is 579 g/mol. The number of aryl methyl sites for hydroxylation is 4. The summed E-state index contributed by atoms with van der Waals surface area (Å²) in [5.74, 6) is -1.09. The number of nitrogens with one attached hydrogen (secondary N) is 1. The molecule has 1 aliphatic heterocycles.